The Morgan fingerprint density at radius 1 is 0.944 bits per heavy atom. The number of ether oxygens (including phenoxy) is 2. The third-order valence-electron chi connectivity index (χ3n) is 7.36. The summed E-state index contributed by atoms with van der Waals surface area (Å²) in [6.07, 6.45) is 2.37. The van der Waals surface area contributed by atoms with Gasteiger partial charge in [0.25, 0.3) is 0 Å². The minimum atomic E-state index is -0.469. The van der Waals surface area contributed by atoms with E-state index in [-0.39, 0.29) is 24.3 Å². The molecule has 2 aliphatic heterocycles. The van der Waals surface area contributed by atoms with E-state index in [1.165, 1.54) is 6.42 Å². The van der Waals surface area contributed by atoms with Crippen molar-refractivity contribution in [3.05, 3.63) is 54.1 Å². The molecule has 0 aliphatic carbocycles. The maximum atomic E-state index is 13.4. The first-order valence-corrected chi connectivity index (χ1v) is 13.0. The first-order valence-electron chi connectivity index (χ1n) is 13.0. The largest absolute Gasteiger partial charge is 0.497 e. The summed E-state index contributed by atoms with van der Waals surface area (Å²) >= 11 is 0. The van der Waals surface area contributed by atoms with Gasteiger partial charge in [-0.25, -0.2) is 0 Å². The van der Waals surface area contributed by atoms with Crippen molar-refractivity contribution in [1.29, 1.82) is 0 Å². The average Bonchev–Trinajstić information content (AvgIpc) is 3.23. The topological polar surface area (TPSA) is 71.1 Å². The second-order valence-corrected chi connectivity index (χ2v) is 10.3. The fourth-order valence-corrected chi connectivity index (χ4v) is 5.82. The van der Waals surface area contributed by atoms with E-state index in [2.05, 4.69) is 24.1 Å². The monoisotopic (exact) mass is 493 g/mol. The van der Waals surface area contributed by atoms with Gasteiger partial charge in [0, 0.05) is 31.7 Å². The Bertz CT molecular complexity index is 1010. The molecule has 4 rings (SSSR count). The molecular weight excluding hydrogens is 454 g/mol. The summed E-state index contributed by atoms with van der Waals surface area (Å²) < 4.78 is 10.6. The number of carbonyl (C=O) groups excluding carboxylic acids is 2. The number of hydrogen-bond donors (Lipinski definition) is 1. The number of likely N-dealkylation sites (tertiary alicyclic amines) is 1. The molecule has 0 spiro atoms. The fraction of sp³-hybridized carbons (Fsp3) is 0.517. The predicted octanol–water partition coefficient (Wildman–Crippen LogP) is 4.28. The van der Waals surface area contributed by atoms with Crippen molar-refractivity contribution in [2.24, 2.45) is 17.8 Å². The third kappa shape index (κ3) is 6.01. The molecule has 7 heteroatoms. The van der Waals surface area contributed by atoms with Gasteiger partial charge < -0.3 is 24.6 Å². The summed E-state index contributed by atoms with van der Waals surface area (Å²) in [5, 5.41) is 3.13. The summed E-state index contributed by atoms with van der Waals surface area (Å²) in [6, 6.07) is 14.7. The number of carbonyl (C=O) groups is 2. The van der Waals surface area contributed by atoms with Crippen LogP contribution in [0.2, 0.25) is 0 Å². The number of piperidine rings is 1. The number of nitrogens with zero attached hydrogens (tertiary/aromatic N) is 2. The Morgan fingerprint density at radius 2 is 1.53 bits per heavy atom. The first-order chi connectivity index (χ1) is 17.4. The zero-order valence-corrected chi connectivity index (χ0v) is 21.9. The highest BCUT2D eigenvalue weighted by atomic mass is 16.5. The van der Waals surface area contributed by atoms with Crippen molar-refractivity contribution in [1.82, 2.24) is 10.2 Å². The van der Waals surface area contributed by atoms with E-state index < -0.39 is 5.92 Å². The SMILES string of the molecule is COc1ccc(C2C(C(=O)NCCCN3CC(C)CC(C)C3)CC(=O)N2c2ccc(OC)cc2)cc1. The Hall–Kier alpha value is -3.06. The van der Waals surface area contributed by atoms with Crippen LogP contribution in [-0.2, 0) is 9.59 Å². The summed E-state index contributed by atoms with van der Waals surface area (Å²) in [7, 11) is 3.24. The molecule has 2 aromatic carbocycles. The van der Waals surface area contributed by atoms with Crippen LogP contribution in [0.3, 0.4) is 0 Å². The Morgan fingerprint density at radius 3 is 2.11 bits per heavy atom. The molecule has 0 saturated carbocycles. The van der Waals surface area contributed by atoms with Crippen molar-refractivity contribution in [2.75, 3.05) is 45.3 Å². The van der Waals surface area contributed by atoms with Crippen LogP contribution in [-0.4, -0.2) is 57.1 Å². The molecule has 0 bridgehead atoms. The van der Waals surface area contributed by atoms with E-state index in [4.69, 9.17) is 9.47 Å². The van der Waals surface area contributed by atoms with Crippen molar-refractivity contribution in [3.8, 4) is 11.5 Å². The molecular formula is C29H39N3O4. The number of benzene rings is 2. The summed E-state index contributed by atoms with van der Waals surface area (Å²) in [5.41, 5.74) is 1.67. The molecule has 2 amide bonds. The number of amides is 2. The number of hydrogen-bond acceptors (Lipinski definition) is 5. The van der Waals surface area contributed by atoms with Gasteiger partial charge in [-0.3, -0.25) is 9.59 Å². The Kier molecular flexibility index (Phi) is 8.52. The molecule has 0 aromatic heterocycles. The van der Waals surface area contributed by atoms with Gasteiger partial charge in [-0.1, -0.05) is 26.0 Å². The number of nitrogens with one attached hydrogen (secondary N) is 1. The van der Waals surface area contributed by atoms with Gasteiger partial charge in [-0.2, -0.15) is 0 Å². The van der Waals surface area contributed by atoms with Crippen LogP contribution in [0.1, 0.15) is 44.7 Å². The van der Waals surface area contributed by atoms with Gasteiger partial charge in [0.15, 0.2) is 0 Å². The molecule has 4 unspecified atom stereocenters. The van der Waals surface area contributed by atoms with Gasteiger partial charge in [0.2, 0.25) is 11.8 Å². The minimum Gasteiger partial charge on any atom is -0.497 e. The first kappa shape index (κ1) is 26.0. The standard InChI is InChI=1S/C29H39N3O4/c1-20-16-21(2)19-31(18-20)15-5-14-30-29(34)26-17-27(33)32(23-8-12-25(36-4)13-9-23)28(26)22-6-10-24(35-3)11-7-22/h6-13,20-21,26,28H,5,14-19H2,1-4H3,(H,30,34). The van der Waals surface area contributed by atoms with E-state index in [1.807, 2.05) is 48.5 Å². The van der Waals surface area contributed by atoms with Crippen LogP contribution in [0.25, 0.3) is 0 Å². The van der Waals surface area contributed by atoms with Crippen LogP contribution < -0.4 is 19.7 Å². The van der Waals surface area contributed by atoms with Crippen LogP contribution in [0.4, 0.5) is 5.69 Å². The molecule has 36 heavy (non-hydrogen) atoms. The lowest BCUT2D eigenvalue weighted by atomic mass is 9.92. The van der Waals surface area contributed by atoms with Crippen molar-refractivity contribution < 1.29 is 19.1 Å². The molecule has 1 N–H and O–H groups in total. The maximum Gasteiger partial charge on any atom is 0.228 e. The number of rotatable bonds is 9. The van der Waals surface area contributed by atoms with Gasteiger partial charge >= 0.3 is 0 Å². The zero-order chi connectivity index (χ0) is 25.7. The van der Waals surface area contributed by atoms with Crippen LogP contribution in [0, 0.1) is 17.8 Å². The summed E-state index contributed by atoms with van der Waals surface area (Å²) in [6.45, 7) is 8.49. The lowest BCUT2D eigenvalue weighted by molar-refractivity contribution is -0.126. The molecule has 2 aromatic rings. The smallest absolute Gasteiger partial charge is 0.228 e. The van der Waals surface area contributed by atoms with Gasteiger partial charge in [-0.05, 0) is 73.2 Å². The molecule has 7 nitrogen and oxygen atoms in total. The molecule has 194 valence electrons. The molecule has 2 fully saturated rings. The average molecular weight is 494 g/mol. The third-order valence-corrected chi connectivity index (χ3v) is 7.36. The van der Waals surface area contributed by atoms with Crippen molar-refractivity contribution >= 4 is 17.5 Å². The molecule has 0 radical (unpaired) electrons. The van der Waals surface area contributed by atoms with Crippen LogP contribution in [0.5, 0.6) is 11.5 Å². The lowest BCUT2D eigenvalue weighted by Gasteiger charge is -2.35. The quantitative estimate of drug-likeness (QED) is 0.528. The number of anilines is 1. The highest BCUT2D eigenvalue weighted by molar-refractivity contribution is 6.01. The van der Waals surface area contributed by atoms with Crippen molar-refractivity contribution in [3.63, 3.8) is 0 Å². The van der Waals surface area contributed by atoms with E-state index in [0.29, 0.717) is 6.54 Å². The minimum absolute atomic E-state index is 0.0579. The van der Waals surface area contributed by atoms with Gasteiger partial charge in [0.05, 0.1) is 26.2 Å². The fourth-order valence-electron chi connectivity index (χ4n) is 5.82. The second-order valence-electron chi connectivity index (χ2n) is 10.3. The Balaban J connectivity index is 1.46. The van der Waals surface area contributed by atoms with E-state index in [9.17, 15) is 9.59 Å². The summed E-state index contributed by atoms with van der Waals surface area (Å²) in [5.74, 6) is 2.31. The lowest BCUT2D eigenvalue weighted by Crippen LogP contribution is -2.41. The highest BCUT2D eigenvalue weighted by Crippen LogP contribution is 2.42. The molecule has 2 heterocycles. The van der Waals surface area contributed by atoms with Gasteiger partial charge in [0.1, 0.15) is 11.5 Å². The molecule has 4 atom stereocenters. The van der Waals surface area contributed by atoms with E-state index in [1.54, 1.807) is 19.1 Å². The van der Waals surface area contributed by atoms with E-state index >= 15 is 0 Å². The number of methoxy groups -OCH3 is 2. The molecule has 2 aliphatic rings. The second kappa shape index (κ2) is 11.8. The van der Waals surface area contributed by atoms with Crippen molar-refractivity contribution in [2.45, 2.75) is 39.2 Å². The Labute approximate surface area is 214 Å². The van der Waals surface area contributed by atoms with Crippen LogP contribution in [0.15, 0.2) is 48.5 Å². The summed E-state index contributed by atoms with van der Waals surface area (Å²) in [4.78, 5) is 30.9. The van der Waals surface area contributed by atoms with E-state index in [0.717, 1.165) is 60.6 Å². The van der Waals surface area contributed by atoms with Crippen LogP contribution >= 0.6 is 0 Å². The normalized spacial score (nSPS) is 24.6. The maximum absolute atomic E-state index is 13.4. The van der Waals surface area contributed by atoms with Gasteiger partial charge in [-0.15, -0.1) is 0 Å². The highest BCUT2D eigenvalue weighted by Gasteiger charge is 2.45. The zero-order valence-electron chi connectivity index (χ0n) is 21.9. The predicted molar refractivity (Wildman–Crippen MR) is 141 cm³/mol. The molecule has 2 saturated heterocycles.